The molecule has 8 nitrogen and oxygen atoms in total. The molecule has 0 unspecified atom stereocenters. The van der Waals surface area contributed by atoms with E-state index in [1.54, 1.807) is 10.9 Å². The van der Waals surface area contributed by atoms with Crippen LogP contribution in [0.2, 0.25) is 0 Å². The van der Waals surface area contributed by atoms with Crippen molar-refractivity contribution in [2.24, 2.45) is 0 Å². The van der Waals surface area contributed by atoms with Gasteiger partial charge >= 0.3 is 5.69 Å². The summed E-state index contributed by atoms with van der Waals surface area (Å²) in [4.78, 5) is 10.4. The minimum absolute atomic E-state index is 0.152. The van der Waals surface area contributed by atoms with Crippen LogP contribution in [0.15, 0.2) is 65.8 Å². The second kappa shape index (κ2) is 7.58. The summed E-state index contributed by atoms with van der Waals surface area (Å²) in [5.41, 5.74) is 1.64. The summed E-state index contributed by atoms with van der Waals surface area (Å²) in [5, 5.41) is 18.6. The number of aromatic nitrogens is 2. The number of benzene rings is 2. The Morgan fingerprint density at radius 2 is 1.85 bits per heavy atom. The zero-order chi connectivity index (χ0) is 19.4. The number of nitro benzene ring substituents is 1. The highest BCUT2D eigenvalue weighted by Crippen LogP contribution is 2.32. The molecule has 0 spiro atoms. The summed E-state index contributed by atoms with van der Waals surface area (Å²) in [6.45, 7) is 0.896. The van der Waals surface area contributed by atoms with E-state index in [9.17, 15) is 18.5 Å². The van der Waals surface area contributed by atoms with Gasteiger partial charge in [-0.15, -0.1) is 0 Å². The molecule has 0 saturated heterocycles. The van der Waals surface area contributed by atoms with E-state index in [1.807, 2.05) is 36.5 Å². The third-order valence-corrected chi connectivity index (χ3v) is 5.07. The topological polar surface area (TPSA) is 107 Å². The average molecular weight is 386 g/mol. The quantitative estimate of drug-likeness (QED) is 0.494. The van der Waals surface area contributed by atoms with Crippen molar-refractivity contribution in [1.82, 2.24) is 9.78 Å². The zero-order valence-corrected chi connectivity index (χ0v) is 15.4. The van der Waals surface area contributed by atoms with Crippen LogP contribution in [0, 0.1) is 10.1 Å². The first-order valence-corrected chi connectivity index (χ1v) is 10.0. The molecule has 27 heavy (non-hydrogen) atoms. The van der Waals surface area contributed by atoms with Gasteiger partial charge in [0, 0.05) is 24.6 Å². The molecule has 0 amide bonds. The first kappa shape index (κ1) is 18.6. The van der Waals surface area contributed by atoms with Crippen molar-refractivity contribution in [1.29, 1.82) is 0 Å². The second-order valence-corrected chi connectivity index (χ2v) is 8.05. The number of para-hydroxylation sites is 1. The van der Waals surface area contributed by atoms with Crippen molar-refractivity contribution in [3.05, 3.63) is 82.2 Å². The fraction of sp³-hybridized carbons (Fsp3) is 0.167. The molecule has 0 saturated carbocycles. The molecule has 1 aromatic heterocycles. The molecule has 0 atom stereocenters. The molecule has 0 bridgehead atoms. The molecule has 1 N–H and O–H groups in total. The molecule has 9 heteroatoms. The van der Waals surface area contributed by atoms with E-state index < -0.39 is 20.4 Å². The van der Waals surface area contributed by atoms with Gasteiger partial charge in [0.15, 0.2) is 9.84 Å². The summed E-state index contributed by atoms with van der Waals surface area (Å²) in [6, 6.07) is 14.0. The van der Waals surface area contributed by atoms with Gasteiger partial charge in [-0.3, -0.25) is 14.8 Å². The minimum atomic E-state index is -3.71. The molecule has 3 aromatic rings. The van der Waals surface area contributed by atoms with Crippen LogP contribution in [0.25, 0.3) is 0 Å². The Balaban J connectivity index is 1.77. The van der Waals surface area contributed by atoms with Gasteiger partial charge in [-0.25, -0.2) is 8.42 Å². The van der Waals surface area contributed by atoms with Crippen molar-refractivity contribution in [3.8, 4) is 0 Å². The molecule has 0 aliphatic carbocycles. The third-order valence-electron chi connectivity index (χ3n) is 3.94. The first-order valence-electron chi connectivity index (χ1n) is 8.11. The van der Waals surface area contributed by atoms with E-state index >= 15 is 0 Å². The highest BCUT2D eigenvalue weighted by molar-refractivity contribution is 7.90. The summed E-state index contributed by atoms with van der Waals surface area (Å²) in [7, 11) is -3.71. The van der Waals surface area contributed by atoms with E-state index in [1.165, 1.54) is 18.2 Å². The highest BCUT2D eigenvalue weighted by Gasteiger charge is 2.25. The van der Waals surface area contributed by atoms with Crippen molar-refractivity contribution in [2.45, 2.75) is 18.0 Å². The monoisotopic (exact) mass is 386 g/mol. The Morgan fingerprint density at radius 3 is 2.52 bits per heavy atom. The van der Waals surface area contributed by atoms with E-state index in [-0.39, 0.29) is 17.1 Å². The number of nitrogens with one attached hydrogen (secondary N) is 1. The van der Waals surface area contributed by atoms with Gasteiger partial charge in [-0.2, -0.15) is 5.10 Å². The lowest BCUT2D eigenvalue weighted by molar-refractivity contribution is -0.386. The van der Waals surface area contributed by atoms with Crippen LogP contribution in [0.5, 0.6) is 0 Å². The maximum absolute atomic E-state index is 11.8. The minimum Gasteiger partial charge on any atom is -0.375 e. The van der Waals surface area contributed by atoms with Crippen molar-refractivity contribution in [2.75, 3.05) is 11.6 Å². The Hall–Kier alpha value is -3.20. The number of nitro groups is 1. The zero-order valence-electron chi connectivity index (χ0n) is 14.6. The van der Waals surface area contributed by atoms with Crippen LogP contribution in [0.4, 0.5) is 11.4 Å². The molecular weight excluding hydrogens is 368 g/mol. The van der Waals surface area contributed by atoms with Crippen LogP contribution in [0.1, 0.15) is 11.1 Å². The molecule has 0 aliphatic rings. The fourth-order valence-electron chi connectivity index (χ4n) is 2.70. The first-order chi connectivity index (χ1) is 12.8. The van der Waals surface area contributed by atoms with E-state index in [0.717, 1.165) is 17.4 Å². The average Bonchev–Trinajstić information content (AvgIpc) is 3.07. The smallest absolute Gasteiger partial charge is 0.310 e. The van der Waals surface area contributed by atoms with Crippen LogP contribution in [0.3, 0.4) is 0 Å². The predicted octanol–water partition coefficient (Wildman–Crippen LogP) is 2.86. The van der Waals surface area contributed by atoms with Gasteiger partial charge in [-0.05, 0) is 17.7 Å². The predicted molar refractivity (Wildman–Crippen MR) is 101 cm³/mol. The second-order valence-electron chi connectivity index (χ2n) is 6.07. The molecule has 140 valence electrons. The molecular formula is C18H18N4O4S. The van der Waals surface area contributed by atoms with Gasteiger partial charge in [-0.1, -0.05) is 36.4 Å². The SMILES string of the molecule is CS(=O)(=O)c1cccc(NCc2cnn(Cc3ccccc3)c2)c1[N+](=O)[O-]. The van der Waals surface area contributed by atoms with Gasteiger partial charge in [0.1, 0.15) is 10.6 Å². The van der Waals surface area contributed by atoms with Gasteiger partial charge in [0.05, 0.1) is 17.7 Å². The van der Waals surface area contributed by atoms with Gasteiger partial charge in [0.25, 0.3) is 0 Å². The van der Waals surface area contributed by atoms with E-state index in [0.29, 0.717) is 6.54 Å². The molecule has 0 fully saturated rings. The van der Waals surface area contributed by atoms with Crippen molar-refractivity contribution < 1.29 is 13.3 Å². The largest absolute Gasteiger partial charge is 0.375 e. The Morgan fingerprint density at radius 1 is 1.11 bits per heavy atom. The van der Waals surface area contributed by atoms with Crippen molar-refractivity contribution in [3.63, 3.8) is 0 Å². The van der Waals surface area contributed by atoms with Crippen LogP contribution in [-0.2, 0) is 22.9 Å². The molecule has 3 rings (SSSR count). The summed E-state index contributed by atoms with van der Waals surface area (Å²) in [5.74, 6) is 0. The molecule has 0 radical (unpaired) electrons. The van der Waals surface area contributed by atoms with Gasteiger partial charge in [0.2, 0.25) is 0 Å². The number of sulfone groups is 1. The Labute approximate surface area is 156 Å². The third kappa shape index (κ3) is 4.50. The summed E-state index contributed by atoms with van der Waals surface area (Å²) < 4.78 is 25.4. The molecule has 1 heterocycles. The fourth-order valence-corrected chi connectivity index (χ4v) is 3.57. The lowest BCUT2D eigenvalue weighted by Gasteiger charge is -2.08. The number of hydrogen-bond donors (Lipinski definition) is 1. The number of nitrogens with zero attached hydrogens (tertiary/aromatic N) is 3. The lowest BCUT2D eigenvalue weighted by Crippen LogP contribution is -2.07. The highest BCUT2D eigenvalue weighted by atomic mass is 32.2. The van der Waals surface area contributed by atoms with Crippen LogP contribution < -0.4 is 5.32 Å². The van der Waals surface area contributed by atoms with Gasteiger partial charge < -0.3 is 5.32 Å². The maximum Gasteiger partial charge on any atom is 0.310 e. The Kier molecular flexibility index (Phi) is 5.22. The summed E-state index contributed by atoms with van der Waals surface area (Å²) in [6.07, 6.45) is 4.46. The van der Waals surface area contributed by atoms with E-state index in [4.69, 9.17) is 0 Å². The number of anilines is 1. The molecule has 2 aromatic carbocycles. The normalized spacial score (nSPS) is 11.3. The van der Waals surface area contributed by atoms with E-state index in [2.05, 4.69) is 10.4 Å². The number of hydrogen-bond acceptors (Lipinski definition) is 6. The van der Waals surface area contributed by atoms with Crippen molar-refractivity contribution >= 4 is 21.2 Å². The Bertz CT molecular complexity index is 1060. The summed E-state index contributed by atoms with van der Waals surface area (Å²) >= 11 is 0. The lowest BCUT2D eigenvalue weighted by atomic mass is 10.2. The maximum atomic E-state index is 11.8. The number of rotatable bonds is 7. The standard InChI is InChI=1S/C18H18N4O4S/c1-27(25,26)17-9-5-8-16(18(17)22(23)24)19-10-15-11-20-21(13-15)12-14-6-3-2-4-7-14/h2-9,11,13,19H,10,12H2,1H3. The molecule has 0 aliphatic heterocycles. The van der Waals surface area contributed by atoms with Crippen LogP contribution in [-0.4, -0.2) is 29.4 Å². The van der Waals surface area contributed by atoms with Crippen LogP contribution >= 0.6 is 0 Å².